The largest absolute Gasteiger partial charge is 0.395 e. The molecule has 0 aliphatic carbocycles. The van der Waals surface area contributed by atoms with Crippen molar-refractivity contribution in [2.75, 3.05) is 26.2 Å². The first-order chi connectivity index (χ1) is 9.38. The Balaban J connectivity index is 1.96. The zero-order valence-corrected chi connectivity index (χ0v) is 12.5. The first kappa shape index (κ1) is 16.2. The van der Waals surface area contributed by atoms with Gasteiger partial charge in [0.05, 0.1) is 19.0 Å². The summed E-state index contributed by atoms with van der Waals surface area (Å²) < 4.78 is 0. The molecule has 1 aliphatic heterocycles. The number of nitrogens with zero attached hydrogens (tertiary/aromatic N) is 2. The van der Waals surface area contributed by atoms with Crippen molar-refractivity contribution in [1.29, 1.82) is 0 Å². The van der Waals surface area contributed by atoms with E-state index in [-0.39, 0.29) is 6.61 Å². The molecule has 1 rings (SSSR count). The molecular formula is C16H30N2O. The molecule has 0 saturated carbocycles. The molecule has 0 aromatic rings. The number of hydrogen-bond donors (Lipinski definition) is 1. The Morgan fingerprint density at radius 1 is 1.16 bits per heavy atom. The van der Waals surface area contributed by atoms with Gasteiger partial charge in [-0.15, -0.1) is 0 Å². The second kappa shape index (κ2) is 11.0. The van der Waals surface area contributed by atoms with E-state index in [0.29, 0.717) is 0 Å². The Hall–Kier alpha value is -0.830. The van der Waals surface area contributed by atoms with E-state index in [0.717, 1.165) is 26.1 Å². The molecule has 0 atom stereocenters. The van der Waals surface area contributed by atoms with Crippen molar-refractivity contribution >= 4 is 5.84 Å². The van der Waals surface area contributed by atoms with Gasteiger partial charge < -0.3 is 10.0 Å². The lowest BCUT2D eigenvalue weighted by Gasteiger charge is -2.18. The van der Waals surface area contributed by atoms with Crippen molar-refractivity contribution in [3.63, 3.8) is 0 Å². The molecule has 110 valence electrons. The third-order valence-electron chi connectivity index (χ3n) is 3.54. The lowest BCUT2D eigenvalue weighted by atomic mass is 10.1. The Labute approximate surface area is 118 Å². The average Bonchev–Trinajstić information content (AvgIpc) is 2.85. The number of aliphatic hydroxyl groups is 1. The van der Waals surface area contributed by atoms with Crippen LogP contribution in [-0.4, -0.2) is 42.1 Å². The maximum absolute atomic E-state index is 8.97. The van der Waals surface area contributed by atoms with Crippen LogP contribution in [0.1, 0.15) is 58.3 Å². The standard InChI is InChI=1S/C16H30N2O/c1-2-3-4-5-6-7-8-9-10-11-16-17-12-13-18(16)14-15-19/h4-5,19H,2-3,6-15H2,1H3/b5-4+. The highest BCUT2D eigenvalue weighted by atomic mass is 16.3. The summed E-state index contributed by atoms with van der Waals surface area (Å²) in [4.78, 5) is 6.75. The number of hydrogen-bond acceptors (Lipinski definition) is 3. The Morgan fingerprint density at radius 2 is 1.95 bits per heavy atom. The van der Waals surface area contributed by atoms with Crippen LogP contribution in [0.15, 0.2) is 17.1 Å². The monoisotopic (exact) mass is 266 g/mol. The number of amidine groups is 1. The summed E-state index contributed by atoms with van der Waals surface area (Å²) in [7, 11) is 0. The summed E-state index contributed by atoms with van der Waals surface area (Å²) in [6.07, 6.45) is 14.6. The van der Waals surface area contributed by atoms with Gasteiger partial charge in [0.1, 0.15) is 0 Å². The number of unbranched alkanes of at least 4 members (excludes halogenated alkanes) is 5. The SMILES string of the molecule is CCC/C=C/CCCCCCC1=NCCN1CCO. The van der Waals surface area contributed by atoms with Crippen molar-refractivity contribution in [2.45, 2.75) is 58.3 Å². The molecule has 1 aliphatic rings. The van der Waals surface area contributed by atoms with Gasteiger partial charge in [0, 0.05) is 19.5 Å². The molecule has 0 unspecified atom stereocenters. The van der Waals surface area contributed by atoms with E-state index in [9.17, 15) is 0 Å². The molecule has 19 heavy (non-hydrogen) atoms. The molecule has 0 spiro atoms. The molecule has 0 aromatic carbocycles. The van der Waals surface area contributed by atoms with Crippen LogP contribution in [0, 0.1) is 0 Å². The van der Waals surface area contributed by atoms with Crippen LogP contribution in [0.4, 0.5) is 0 Å². The van der Waals surface area contributed by atoms with Gasteiger partial charge in [-0.1, -0.05) is 38.3 Å². The quantitative estimate of drug-likeness (QED) is 0.459. The van der Waals surface area contributed by atoms with Gasteiger partial charge in [-0.05, 0) is 25.7 Å². The van der Waals surface area contributed by atoms with Gasteiger partial charge in [-0.3, -0.25) is 4.99 Å². The first-order valence-corrected chi connectivity index (χ1v) is 7.92. The van der Waals surface area contributed by atoms with Gasteiger partial charge in [0.2, 0.25) is 0 Å². The average molecular weight is 266 g/mol. The molecule has 0 radical (unpaired) electrons. The zero-order chi connectivity index (χ0) is 13.8. The van der Waals surface area contributed by atoms with Crippen LogP contribution in [0.25, 0.3) is 0 Å². The van der Waals surface area contributed by atoms with Crippen molar-refractivity contribution in [3.05, 3.63) is 12.2 Å². The topological polar surface area (TPSA) is 35.8 Å². The van der Waals surface area contributed by atoms with Crippen LogP contribution in [0.3, 0.4) is 0 Å². The van der Waals surface area contributed by atoms with E-state index in [1.807, 2.05) is 0 Å². The molecule has 1 N–H and O–H groups in total. The predicted molar refractivity (Wildman–Crippen MR) is 82.7 cm³/mol. The molecule has 0 saturated heterocycles. The summed E-state index contributed by atoms with van der Waals surface area (Å²) in [6, 6.07) is 0. The highest BCUT2D eigenvalue weighted by Gasteiger charge is 2.14. The van der Waals surface area contributed by atoms with E-state index in [2.05, 4.69) is 29.0 Å². The number of β-amino-alcohol motifs (C(OH)–C–C–N with tert-alkyl or cyclic N) is 1. The van der Waals surface area contributed by atoms with Crippen LogP contribution in [0.5, 0.6) is 0 Å². The zero-order valence-electron chi connectivity index (χ0n) is 12.5. The molecule has 3 nitrogen and oxygen atoms in total. The third-order valence-corrected chi connectivity index (χ3v) is 3.54. The minimum Gasteiger partial charge on any atom is -0.395 e. The Kier molecular flexibility index (Phi) is 9.42. The number of aliphatic hydroxyl groups excluding tert-OH is 1. The molecule has 3 heteroatoms. The van der Waals surface area contributed by atoms with Gasteiger partial charge in [-0.2, -0.15) is 0 Å². The van der Waals surface area contributed by atoms with Gasteiger partial charge in [0.15, 0.2) is 0 Å². The minimum atomic E-state index is 0.239. The van der Waals surface area contributed by atoms with Crippen molar-refractivity contribution in [3.8, 4) is 0 Å². The van der Waals surface area contributed by atoms with E-state index in [4.69, 9.17) is 5.11 Å². The molecular weight excluding hydrogens is 236 g/mol. The number of aliphatic imine (C=N–C) groups is 1. The normalized spacial score (nSPS) is 15.5. The van der Waals surface area contributed by atoms with E-state index < -0.39 is 0 Å². The lowest BCUT2D eigenvalue weighted by molar-refractivity contribution is 0.255. The fourth-order valence-corrected chi connectivity index (χ4v) is 2.43. The smallest absolute Gasteiger partial charge is 0.0991 e. The predicted octanol–water partition coefficient (Wildman–Crippen LogP) is 3.39. The Bertz CT molecular complexity index is 274. The van der Waals surface area contributed by atoms with E-state index in [1.54, 1.807) is 0 Å². The van der Waals surface area contributed by atoms with E-state index >= 15 is 0 Å². The maximum atomic E-state index is 8.97. The maximum Gasteiger partial charge on any atom is 0.0991 e. The van der Waals surface area contributed by atoms with Gasteiger partial charge in [-0.25, -0.2) is 0 Å². The lowest BCUT2D eigenvalue weighted by Crippen LogP contribution is -2.30. The van der Waals surface area contributed by atoms with Crippen molar-refractivity contribution in [1.82, 2.24) is 4.90 Å². The summed E-state index contributed by atoms with van der Waals surface area (Å²) in [6.45, 7) is 5.12. The van der Waals surface area contributed by atoms with Crippen LogP contribution >= 0.6 is 0 Å². The fourth-order valence-electron chi connectivity index (χ4n) is 2.43. The second-order valence-corrected chi connectivity index (χ2v) is 5.22. The number of allylic oxidation sites excluding steroid dienone is 2. The number of rotatable bonds is 11. The Morgan fingerprint density at radius 3 is 2.74 bits per heavy atom. The van der Waals surface area contributed by atoms with Crippen molar-refractivity contribution in [2.24, 2.45) is 4.99 Å². The molecule has 0 fully saturated rings. The summed E-state index contributed by atoms with van der Waals surface area (Å²) in [5.41, 5.74) is 0. The van der Waals surface area contributed by atoms with Crippen molar-refractivity contribution < 1.29 is 5.11 Å². The molecule has 0 aromatic heterocycles. The molecule has 0 amide bonds. The highest BCUT2D eigenvalue weighted by Crippen LogP contribution is 2.11. The molecule has 0 bridgehead atoms. The van der Waals surface area contributed by atoms with Crippen LogP contribution < -0.4 is 0 Å². The summed E-state index contributed by atoms with van der Waals surface area (Å²) in [5, 5.41) is 8.97. The molecule has 1 heterocycles. The second-order valence-electron chi connectivity index (χ2n) is 5.22. The van der Waals surface area contributed by atoms with Crippen LogP contribution in [-0.2, 0) is 0 Å². The van der Waals surface area contributed by atoms with Crippen LogP contribution in [0.2, 0.25) is 0 Å². The minimum absolute atomic E-state index is 0.239. The first-order valence-electron chi connectivity index (χ1n) is 7.92. The van der Waals surface area contributed by atoms with Gasteiger partial charge in [0.25, 0.3) is 0 Å². The third kappa shape index (κ3) is 7.36. The highest BCUT2D eigenvalue weighted by molar-refractivity contribution is 5.83. The summed E-state index contributed by atoms with van der Waals surface area (Å²) in [5.74, 6) is 1.22. The fraction of sp³-hybridized carbons (Fsp3) is 0.812. The summed E-state index contributed by atoms with van der Waals surface area (Å²) >= 11 is 0. The van der Waals surface area contributed by atoms with Gasteiger partial charge >= 0.3 is 0 Å². The van der Waals surface area contributed by atoms with E-state index in [1.165, 1.54) is 50.8 Å².